The number of benzene rings is 3. The zero-order valence-corrected chi connectivity index (χ0v) is 16.4. The van der Waals surface area contributed by atoms with Crippen molar-refractivity contribution in [2.24, 2.45) is 4.99 Å². The van der Waals surface area contributed by atoms with Gasteiger partial charge in [-0.05, 0) is 29.8 Å². The molecule has 152 valence electrons. The van der Waals surface area contributed by atoms with Crippen LogP contribution in [0.5, 0.6) is 5.75 Å². The summed E-state index contributed by atoms with van der Waals surface area (Å²) in [5.74, 6) is 0.504. The first kappa shape index (κ1) is 20.7. The summed E-state index contributed by atoms with van der Waals surface area (Å²) in [4.78, 5) is 25.3. The maximum atomic E-state index is 11.4. The third-order valence-electron chi connectivity index (χ3n) is 4.07. The van der Waals surface area contributed by atoms with Crippen LogP contribution >= 0.6 is 11.6 Å². The molecule has 0 aliphatic heterocycles. The molecule has 30 heavy (non-hydrogen) atoms. The predicted octanol–water partition coefficient (Wildman–Crippen LogP) is 5.66. The first-order valence-electron chi connectivity index (χ1n) is 8.55. The van der Waals surface area contributed by atoms with E-state index in [1.54, 1.807) is 24.4 Å². The number of aliphatic imine (C=N–C) groups is 1. The van der Waals surface area contributed by atoms with E-state index in [2.05, 4.69) is 10.3 Å². The number of nitro groups is 2. The summed E-state index contributed by atoms with van der Waals surface area (Å²) in [6, 6.07) is 16.3. The molecule has 0 atom stereocenters. The minimum atomic E-state index is -0.775. The van der Waals surface area contributed by atoms with E-state index in [0.29, 0.717) is 17.1 Å². The topological polar surface area (TPSA) is 120 Å². The molecule has 0 fully saturated rings. The Labute approximate surface area is 175 Å². The minimum absolute atomic E-state index is 0.0127. The molecule has 0 aliphatic carbocycles. The van der Waals surface area contributed by atoms with Crippen LogP contribution in [0, 0.1) is 20.2 Å². The fraction of sp³-hybridized carbons (Fsp3) is 0.0500. The van der Waals surface area contributed by atoms with E-state index >= 15 is 0 Å². The average molecular weight is 427 g/mol. The third-order valence-corrected chi connectivity index (χ3v) is 4.37. The van der Waals surface area contributed by atoms with E-state index in [4.69, 9.17) is 16.3 Å². The number of methoxy groups -OCH3 is 1. The number of ether oxygens (including phenoxy) is 1. The molecule has 1 N–H and O–H groups in total. The molecule has 0 aliphatic rings. The molecule has 9 nitrogen and oxygen atoms in total. The molecule has 10 heteroatoms. The van der Waals surface area contributed by atoms with Crippen LogP contribution in [0.1, 0.15) is 5.56 Å². The normalized spacial score (nSPS) is 10.7. The zero-order valence-electron chi connectivity index (χ0n) is 15.6. The first-order chi connectivity index (χ1) is 14.4. The number of nitrogens with one attached hydrogen (secondary N) is 1. The molecule has 0 radical (unpaired) electrons. The number of nitrogens with zero attached hydrogens (tertiary/aromatic N) is 3. The van der Waals surface area contributed by atoms with Crippen molar-refractivity contribution in [3.63, 3.8) is 0 Å². The van der Waals surface area contributed by atoms with Gasteiger partial charge in [0.1, 0.15) is 22.1 Å². The van der Waals surface area contributed by atoms with Crippen molar-refractivity contribution in [2.45, 2.75) is 0 Å². The smallest absolute Gasteiger partial charge is 0.299 e. The highest BCUT2D eigenvalue weighted by atomic mass is 35.5. The van der Waals surface area contributed by atoms with E-state index in [9.17, 15) is 20.2 Å². The van der Waals surface area contributed by atoms with Gasteiger partial charge in [0.2, 0.25) is 0 Å². The largest absolute Gasteiger partial charge is 0.494 e. The van der Waals surface area contributed by atoms with Gasteiger partial charge < -0.3 is 10.1 Å². The second kappa shape index (κ2) is 9.01. The monoisotopic (exact) mass is 426 g/mol. The lowest BCUT2D eigenvalue weighted by atomic mass is 10.2. The quantitative estimate of drug-likeness (QED) is 0.295. The van der Waals surface area contributed by atoms with Crippen LogP contribution in [-0.2, 0) is 0 Å². The van der Waals surface area contributed by atoms with Gasteiger partial charge in [0.05, 0.1) is 23.0 Å². The van der Waals surface area contributed by atoms with Crippen molar-refractivity contribution in [2.75, 3.05) is 12.4 Å². The van der Waals surface area contributed by atoms with E-state index in [0.717, 1.165) is 17.7 Å². The fourth-order valence-corrected chi connectivity index (χ4v) is 2.88. The van der Waals surface area contributed by atoms with Gasteiger partial charge in [-0.25, -0.2) is 0 Å². The second-order valence-corrected chi connectivity index (χ2v) is 6.42. The highest BCUT2D eigenvalue weighted by Gasteiger charge is 2.24. The molecule has 0 spiro atoms. The number of halogens is 1. The molecule has 0 bridgehead atoms. The number of rotatable bonds is 7. The van der Waals surface area contributed by atoms with Crippen molar-refractivity contribution in [1.82, 2.24) is 0 Å². The van der Waals surface area contributed by atoms with Crippen LogP contribution in [0.15, 0.2) is 65.7 Å². The van der Waals surface area contributed by atoms with Gasteiger partial charge in [-0.15, -0.1) is 0 Å². The van der Waals surface area contributed by atoms with Gasteiger partial charge in [0.25, 0.3) is 11.4 Å². The summed E-state index contributed by atoms with van der Waals surface area (Å²) in [5, 5.41) is 25.1. The second-order valence-electron chi connectivity index (χ2n) is 6.02. The van der Waals surface area contributed by atoms with Crippen LogP contribution in [0.3, 0.4) is 0 Å². The zero-order chi connectivity index (χ0) is 21.7. The minimum Gasteiger partial charge on any atom is -0.494 e. The summed E-state index contributed by atoms with van der Waals surface area (Å²) in [6.45, 7) is 0. The summed E-state index contributed by atoms with van der Waals surface area (Å²) in [5.41, 5.74) is 0.827. The maximum absolute atomic E-state index is 11.4. The summed E-state index contributed by atoms with van der Waals surface area (Å²) in [7, 11) is 1.50. The van der Waals surface area contributed by atoms with Crippen LogP contribution in [0.2, 0.25) is 5.02 Å². The molecule has 3 aromatic carbocycles. The first-order valence-corrected chi connectivity index (χ1v) is 8.93. The van der Waals surface area contributed by atoms with Crippen molar-refractivity contribution in [3.05, 3.63) is 91.5 Å². The van der Waals surface area contributed by atoms with E-state index in [1.807, 2.05) is 30.3 Å². The molecular weight excluding hydrogens is 412 g/mol. The molecular formula is C20H15ClN4O5. The summed E-state index contributed by atoms with van der Waals surface area (Å²) in [6.07, 6.45) is 1.66. The third kappa shape index (κ3) is 4.70. The van der Waals surface area contributed by atoms with Gasteiger partial charge in [-0.3, -0.25) is 25.2 Å². The molecule has 0 amide bonds. The highest BCUT2D eigenvalue weighted by Crippen LogP contribution is 2.38. The Morgan fingerprint density at radius 3 is 2.33 bits per heavy atom. The molecule has 0 unspecified atom stereocenters. The van der Waals surface area contributed by atoms with E-state index in [1.165, 1.54) is 7.11 Å². The summed E-state index contributed by atoms with van der Waals surface area (Å²) >= 11 is 5.92. The molecule has 3 aromatic rings. The van der Waals surface area contributed by atoms with Crippen molar-refractivity contribution < 1.29 is 14.6 Å². The molecule has 0 saturated carbocycles. The molecule has 0 aromatic heterocycles. The molecule has 0 heterocycles. The Kier molecular flexibility index (Phi) is 6.23. The Balaban J connectivity index is 1.97. The lowest BCUT2D eigenvalue weighted by Gasteiger charge is -2.11. The van der Waals surface area contributed by atoms with Crippen molar-refractivity contribution in [3.8, 4) is 5.75 Å². The fourth-order valence-electron chi connectivity index (χ4n) is 2.65. The predicted molar refractivity (Wildman–Crippen MR) is 115 cm³/mol. The molecule has 3 rings (SSSR count). The number of nitro benzene ring substituents is 2. The Morgan fingerprint density at radius 1 is 1.00 bits per heavy atom. The number of hydrogen-bond acceptors (Lipinski definition) is 7. The Bertz CT molecular complexity index is 1140. The van der Waals surface area contributed by atoms with Crippen molar-refractivity contribution in [1.29, 1.82) is 0 Å². The van der Waals surface area contributed by atoms with Gasteiger partial charge in [-0.1, -0.05) is 41.9 Å². The van der Waals surface area contributed by atoms with Crippen LogP contribution < -0.4 is 10.1 Å². The van der Waals surface area contributed by atoms with Gasteiger partial charge in [-0.2, -0.15) is 0 Å². The highest BCUT2D eigenvalue weighted by molar-refractivity contribution is 6.33. The SMILES string of the molecule is COc1ccc(Nc2cc(Cl)c([N+](=O)[O-])cc2[N+](=O)[O-])cc1N=Cc1ccccc1. The number of anilines is 2. The maximum Gasteiger partial charge on any atom is 0.299 e. The van der Waals surface area contributed by atoms with Gasteiger partial charge in [0, 0.05) is 11.9 Å². The molecule has 0 saturated heterocycles. The Hall–Kier alpha value is -3.98. The van der Waals surface area contributed by atoms with E-state index < -0.39 is 21.2 Å². The number of hydrogen-bond donors (Lipinski definition) is 1. The van der Waals surface area contributed by atoms with Gasteiger partial charge >= 0.3 is 0 Å². The standard InChI is InChI=1S/C20H15ClN4O5/c1-30-20-8-7-14(9-17(20)22-12-13-5-3-2-4-6-13)23-16-10-15(21)18(24(26)27)11-19(16)25(28)29/h2-12,23H,1H3. The van der Waals surface area contributed by atoms with Gasteiger partial charge in [0.15, 0.2) is 0 Å². The summed E-state index contributed by atoms with van der Waals surface area (Å²) < 4.78 is 5.32. The lowest BCUT2D eigenvalue weighted by molar-refractivity contribution is -0.393. The van der Waals surface area contributed by atoms with Crippen molar-refractivity contribution >= 4 is 46.3 Å². The van der Waals surface area contributed by atoms with Crippen LogP contribution in [0.4, 0.5) is 28.4 Å². The Morgan fingerprint density at radius 2 is 1.70 bits per heavy atom. The van der Waals surface area contributed by atoms with Crippen LogP contribution in [-0.4, -0.2) is 23.2 Å². The lowest BCUT2D eigenvalue weighted by Crippen LogP contribution is -2.00. The van der Waals surface area contributed by atoms with Crippen LogP contribution in [0.25, 0.3) is 0 Å². The van der Waals surface area contributed by atoms with E-state index in [-0.39, 0.29) is 10.7 Å². The average Bonchev–Trinajstić information content (AvgIpc) is 2.72.